The number of benzene rings is 1. The summed E-state index contributed by atoms with van der Waals surface area (Å²) in [6.45, 7) is 2.01. The fraction of sp³-hybridized carbons (Fsp3) is 0.579. The van der Waals surface area contributed by atoms with Gasteiger partial charge in [0.25, 0.3) is 5.91 Å². The summed E-state index contributed by atoms with van der Waals surface area (Å²) in [5.41, 5.74) is 0.866. The van der Waals surface area contributed by atoms with E-state index >= 15 is 0 Å². The maximum Gasteiger partial charge on any atom is 0.393 e. The van der Waals surface area contributed by atoms with Crippen molar-refractivity contribution in [3.8, 4) is 0 Å². The van der Waals surface area contributed by atoms with Crippen molar-refractivity contribution in [2.45, 2.75) is 51.2 Å². The van der Waals surface area contributed by atoms with Gasteiger partial charge in [-0.05, 0) is 49.4 Å². The van der Waals surface area contributed by atoms with E-state index in [4.69, 9.17) is 0 Å². The van der Waals surface area contributed by atoms with Gasteiger partial charge < -0.3 is 10.6 Å². The first-order valence-electron chi connectivity index (χ1n) is 9.04. The van der Waals surface area contributed by atoms with E-state index in [-0.39, 0.29) is 23.8 Å². The average Bonchev–Trinajstić information content (AvgIpc) is 3.32. The van der Waals surface area contributed by atoms with Crippen LogP contribution in [0.5, 0.6) is 0 Å². The molecule has 0 aliphatic heterocycles. The van der Waals surface area contributed by atoms with Crippen molar-refractivity contribution in [3.05, 3.63) is 29.8 Å². The third-order valence-electron chi connectivity index (χ3n) is 5.36. The minimum atomic E-state index is -4.30. The summed E-state index contributed by atoms with van der Waals surface area (Å²) in [6.07, 6.45) is -1.81. The fourth-order valence-corrected chi connectivity index (χ4v) is 3.57. The molecule has 2 aliphatic rings. The van der Waals surface area contributed by atoms with Crippen LogP contribution in [0.1, 0.15) is 49.4 Å². The van der Waals surface area contributed by atoms with Gasteiger partial charge in [0, 0.05) is 23.2 Å². The first-order chi connectivity index (χ1) is 12.3. The Morgan fingerprint density at radius 1 is 1.08 bits per heavy atom. The maximum atomic E-state index is 13.1. The number of carbonyl (C=O) groups is 2. The smallest absolute Gasteiger partial charge is 0.349 e. The molecule has 4 atom stereocenters. The number of anilines is 1. The molecule has 4 nitrogen and oxygen atoms in total. The summed E-state index contributed by atoms with van der Waals surface area (Å²) in [5, 5.41) is 5.33. The monoisotopic (exact) mass is 368 g/mol. The van der Waals surface area contributed by atoms with Crippen LogP contribution in [0, 0.1) is 17.8 Å². The first-order valence-corrected chi connectivity index (χ1v) is 9.04. The number of rotatable bonds is 4. The van der Waals surface area contributed by atoms with Gasteiger partial charge >= 0.3 is 6.18 Å². The van der Waals surface area contributed by atoms with Gasteiger partial charge in [0.05, 0.1) is 5.92 Å². The molecule has 2 N–H and O–H groups in total. The maximum absolute atomic E-state index is 13.1. The van der Waals surface area contributed by atoms with Gasteiger partial charge in [0.15, 0.2) is 0 Å². The molecule has 0 bridgehead atoms. The highest BCUT2D eigenvalue weighted by Crippen LogP contribution is 2.39. The van der Waals surface area contributed by atoms with Crippen LogP contribution < -0.4 is 10.6 Å². The largest absolute Gasteiger partial charge is 0.393 e. The van der Waals surface area contributed by atoms with Gasteiger partial charge in [-0.2, -0.15) is 13.2 Å². The molecule has 0 saturated heterocycles. The molecule has 1 aromatic rings. The molecule has 2 aliphatic carbocycles. The second kappa shape index (κ2) is 7.29. The molecule has 2 saturated carbocycles. The second-order valence-corrected chi connectivity index (χ2v) is 7.40. The van der Waals surface area contributed by atoms with Crippen LogP contribution in [0.25, 0.3) is 0 Å². The summed E-state index contributed by atoms with van der Waals surface area (Å²) in [4.78, 5) is 24.2. The van der Waals surface area contributed by atoms with Crippen molar-refractivity contribution in [2.24, 2.45) is 17.8 Å². The van der Waals surface area contributed by atoms with Crippen molar-refractivity contribution in [1.82, 2.24) is 5.32 Å². The van der Waals surface area contributed by atoms with Crippen LogP contribution in [-0.4, -0.2) is 24.0 Å². The molecule has 0 radical (unpaired) electrons. The van der Waals surface area contributed by atoms with Crippen LogP contribution in [0.15, 0.2) is 24.3 Å². The molecule has 7 heteroatoms. The number of hydrogen-bond donors (Lipinski definition) is 2. The average molecular weight is 368 g/mol. The van der Waals surface area contributed by atoms with E-state index in [1.165, 1.54) is 12.1 Å². The SMILES string of the molecule is CC1CC1C(=O)Nc1ccc(C(=O)NC2CCCCC2C(F)(F)F)cc1. The van der Waals surface area contributed by atoms with E-state index in [9.17, 15) is 22.8 Å². The Kier molecular flexibility index (Phi) is 5.25. The normalized spacial score (nSPS) is 28.3. The molecule has 26 heavy (non-hydrogen) atoms. The number of hydrogen-bond acceptors (Lipinski definition) is 2. The number of nitrogens with one attached hydrogen (secondary N) is 2. The van der Waals surface area contributed by atoms with Gasteiger partial charge in [-0.1, -0.05) is 19.8 Å². The first kappa shape index (κ1) is 18.7. The molecule has 142 valence electrons. The number of carbonyl (C=O) groups excluding carboxylic acids is 2. The molecule has 0 spiro atoms. The topological polar surface area (TPSA) is 58.2 Å². The van der Waals surface area contributed by atoms with Crippen molar-refractivity contribution in [2.75, 3.05) is 5.32 Å². The van der Waals surface area contributed by atoms with Gasteiger partial charge in [0.2, 0.25) is 5.91 Å². The van der Waals surface area contributed by atoms with Crippen molar-refractivity contribution >= 4 is 17.5 Å². The Morgan fingerprint density at radius 2 is 1.69 bits per heavy atom. The summed E-state index contributed by atoms with van der Waals surface area (Å²) >= 11 is 0. The summed E-state index contributed by atoms with van der Waals surface area (Å²) in [5.74, 6) is -1.59. The van der Waals surface area contributed by atoms with E-state index in [2.05, 4.69) is 10.6 Å². The summed E-state index contributed by atoms with van der Waals surface area (Å²) < 4.78 is 39.4. The highest BCUT2D eigenvalue weighted by Gasteiger charge is 2.46. The molecule has 3 rings (SSSR count). The standard InChI is InChI=1S/C19H23F3N2O2/c1-11-10-14(11)18(26)23-13-8-6-12(7-9-13)17(25)24-16-5-3-2-4-15(16)19(20,21)22/h6-9,11,14-16H,2-5,10H2,1H3,(H,23,26)(H,24,25). The minimum absolute atomic E-state index is 0.0371. The van der Waals surface area contributed by atoms with Crippen LogP contribution in [0.3, 0.4) is 0 Å². The number of halogens is 3. The van der Waals surface area contributed by atoms with Crippen molar-refractivity contribution in [1.29, 1.82) is 0 Å². The van der Waals surface area contributed by atoms with Gasteiger partial charge in [-0.15, -0.1) is 0 Å². The van der Waals surface area contributed by atoms with Crippen LogP contribution in [0.4, 0.5) is 18.9 Å². The lowest BCUT2D eigenvalue weighted by Gasteiger charge is -2.33. The predicted molar refractivity (Wildman–Crippen MR) is 91.6 cm³/mol. The third kappa shape index (κ3) is 4.37. The highest BCUT2D eigenvalue weighted by molar-refractivity contribution is 5.97. The molecular formula is C19H23F3N2O2. The van der Waals surface area contributed by atoms with Gasteiger partial charge in [-0.3, -0.25) is 9.59 Å². The zero-order valence-corrected chi connectivity index (χ0v) is 14.6. The lowest BCUT2D eigenvalue weighted by Crippen LogP contribution is -2.47. The van der Waals surface area contributed by atoms with Gasteiger partial charge in [0.1, 0.15) is 0 Å². The zero-order valence-electron chi connectivity index (χ0n) is 14.6. The predicted octanol–water partition coefficient (Wildman–Crippen LogP) is 4.13. The molecule has 2 fully saturated rings. The molecule has 0 heterocycles. The molecule has 2 amide bonds. The molecular weight excluding hydrogens is 345 g/mol. The summed E-state index contributed by atoms with van der Waals surface area (Å²) in [7, 11) is 0. The van der Waals surface area contributed by atoms with E-state index < -0.39 is 24.0 Å². The minimum Gasteiger partial charge on any atom is -0.349 e. The third-order valence-corrected chi connectivity index (χ3v) is 5.36. The van der Waals surface area contributed by atoms with Crippen molar-refractivity contribution < 1.29 is 22.8 Å². The van der Waals surface area contributed by atoms with Crippen molar-refractivity contribution in [3.63, 3.8) is 0 Å². The summed E-state index contributed by atoms with van der Waals surface area (Å²) in [6, 6.07) is 5.36. The Labute approximate surface area is 150 Å². The Hall–Kier alpha value is -2.05. The lowest BCUT2D eigenvalue weighted by atomic mass is 9.84. The van der Waals surface area contributed by atoms with Crippen LogP contribution in [-0.2, 0) is 4.79 Å². The van der Waals surface area contributed by atoms with E-state index in [1.54, 1.807) is 12.1 Å². The lowest BCUT2D eigenvalue weighted by molar-refractivity contribution is -0.187. The molecule has 1 aromatic carbocycles. The fourth-order valence-electron chi connectivity index (χ4n) is 3.57. The van der Waals surface area contributed by atoms with Gasteiger partial charge in [-0.25, -0.2) is 0 Å². The Bertz CT molecular complexity index is 672. The quantitative estimate of drug-likeness (QED) is 0.839. The van der Waals surface area contributed by atoms with E-state index in [0.29, 0.717) is 30.9 Å². The second-order valence-electron chi connectivity index (χ2n) is 7.40. The molecule has 4 unspecified atom stereocenters. The molecule has 0 aromatic heterocycles. The van der Waals surface area contributed by atoms with E-state index in [0.717, 1.165) is 6.42 Å². The van der Waals surface area contributed by atoms with Crippen LogP contribution in [0.2, 0.25) is 0 Å². The Morgan fingerprint density at radius 3 is 2.27 bits per heavy atom. The highest BCUT2D eigenvalue weighted by atomic mass is 19.4. The number of alkyl halides is 3. The van der Waals surface area contributed by atoms with Crippen LogP contribution >= 0.6 is 0 Å². The Balaban J connectivity index is 1.59. The zero-order chi connectivity index (χ0) is 18.9. The van der Waals surface area contributed by atoms with E-state index in [1.807, 2.05) is 6.92 Å². The number of amides is 2.